The molecular weight excluding hydrogens is 275 g/mol. The molecule has 0 bridgehead atoms. The maximum atomic E-state index is 12.4. The van der Waals surface area contributed by atoms with E-state index in [2.05, 4.69) is 5.32 Å². The summed E-state index contributed by atoms with van der Waals surface area (Å²) in [6.45, 7) is 4.98. The average Bonchev–Trinajstić information content (AvgIpc) is 2.61. The zero-order chi connectivity index (χ0) is 15.6. The standard InChI is InChI=1S/C13H20F3NO3/c1-11(2,3)20-10(19)17-12(6-4-5-7-12)8-9(18)13(14,15)16/h4-8H2,1-3H3,(H,17,19). The number of ether oxygens (including phenoxy) is 1. The molecule has 1 N–H and O–H groups in total. The number of amides is 1. The van der Waals surface area contributed by atoms with E-state index in [0.717, 1.165) is 0 Å². The van der Waals surface area contributed by atoms with Gasteiger partial charge in [0.1, 0.15) is 5.60 Å². The van der Waals surface area contributed by atoms with Crippen molar-refractivity contribution in [2.45, 2.75) is 70.2 Å². The highest BCUT2D eigenvalue weighted by molar-refractivity contribution is 5.85. The number of rotatable bonds is 3. The van der Waals surface area contributed by atoms with E-state index in [4.69, 9.17) is 4.74 Å². The van der Waals surface area contributed by atoms with E-state index >= 15 is 0 Å². The Morgan fingerprint density at radius 3 is 2.05 bits per heavy atom. The van der Waals surface area contributed by atoms with Gasteiger partial charge in [-0.15, -0.1) is 0 Å². The summed E-state index contributed by atoms with van der Waals surface area (Å²) in [6, 6.07) is 0. The van der Waals surface area contributed by atoms with Crippen LogP contribution in [-0.4, -0.2) is 29.2 Å². The number of carbonyl (C=O) groups is 2. The van der Waals surface area contributed by atoms with Crippen LogP contribution in [0.1, 0.15) is 52.9 Å². The maximum absolute atomic E-state index is 12.4. The molecule has 1 rings (SSSR count). The van der Waals surface area contributed by atoms with Gasteiger partial charge in [-0.3, -0.25) is 4.79 Å². The lowest BCUT2D eigenvalue weighted by molar-refractivity contribution is -0.172. The quantitative estimate of drug-likeness (QED) is 0.868. The number of hydrogen-bond acceptors (Lipinski definition) is 3. The van der Waals surface area contributed by atoms with Gasteiger partial charge in [0.2, 0.25) is 5.78 Å². The van der Waals surface area contributed by atoms with Crippen LogP contribution in [0.2, 0.25) is 0 Å². The van der Waals surface area contributed by atoms with E-state index in [9.17, 15) is 22.8 Å². The number of nitrogens with one attached hydrogen (secondary N) is 1. The number of hydrogen-bond donors (Lipinski definition) is 1. The van der Waals surface area contributed by atoms with Crippen molar-refractivity contribution in [2.75, 3.05) is 0 Å². The van der Waals surface area contributed by atoms with E-state index in [-0.39, 0.29) is 0 Å². The summed E-state index contributed by atoms with van der Waals surface area (Å²) in [5, 5.41) is 2.47. The van der Waals surface area contributed by atoms with Crippen LogP contribution in [0.25, 0.3) is 0 Å². The van der Waals surface area contributed by atoms with Gasteiger partial charge in [0, 0.05) is 6.42 Å². The molecule has 1 aliphatic rings. The van der Waals surface area contributed by atoms with Gasteiger partial charge >= 0.3 is 12.3 Å². The number of ketones is 1. The minimum absolute atomic E-state index is 0.355. The van der Waals surface area contributed by atoms with E-state index in [1.807, 2.05) is 0 Å². The molecule has 0 heterocycles. The molecule has 1 fully saturated rings. The summed E-state index contributed by atoms with van der Waals surface area (Å²) in [4.78, 5) is 22.9. The molecule has 116 valence electrons. The van der Waals surface area contributed by atoms with E-state index in [1.54, 1.807) is 20.8 Å². The summed E-state index contributed by atoms with van der Waals surface area (Å²) in [5.74, 6) is -1.81. The molecule has 0 spiro atoms. The fourth-order valence-electron chi connectivity index (χ4n) is 2.33. The third-order valence-electron chi connectivity index (χ3n) is 3.14. The van der Waals surface area contributed by atoms with Crippen molar-refractivity contribution in [2.24, 2.45) is 0 Å². The zero-order valence-electron chi connectivity index (χ0n) is 11.9. The Morgan fingerprint density at radius 1 is 1.15 bits per heavy atom. The highest BCUT2D eigenvalue weighted by Gasteiger charge is 2.46. The molecule has 0 aromatic carbocycles. The molecule has 1 saturated carbocycles. The largest absolute Gasteiger partial charge is 0.450 e. The first-order valence-corrected chi connectivity index (χ1v) is 6.55. The van der Waals surface area contributed by atoms with Crippen LogP contribution in [0, 0.1) is 0 Å². The Morgan fingerprint density at radius 2 is 1.65 bits per heavy atom. The van der Waals surface area contributed by atoms with Crippen LogP contribution >= 0.6 is 0 Å². The fourth-order valence-corrected chi connectivity index (χ4v) is 2.33. The SMILES string of the molecule is CC(C)(C)OC(=O)NC1(CC(=O)C(F)(F)F)CCCC1. The van der Waals surface area contributed by atoms with Gasteiger partial charge in [0.15, 0.2) is 0 Å². The summed E-state index contributed by atoms with van der Waals surface area (Å²) in [6.07, 6.45) is -4.31. The average molecular weight is 295 g/mol. The molecule has 0 unspecified atom stereocenters. The minimum Gasteiger partial charge on any atom is -0.444 e. The Hall–Kier alpha value is -1.27. The van der Waals surface area contributed by atoms with Crippen molar-refractivity contribution < 1.29 is 27.5 Å². The Balaban J connectivity index is 2.73. The normalized spacial score (nSPS) is 18.7. The molecular formula is C13H20F3NO3. The second kappa shape index (κ2) is 5.61. The lowest BCUT2D eigenvalue weighted by Crippen LogP contribution is -2.50. The molecule has 0 radical (unpaired) electrons. The van der Waals surface area contributed by atoms with Crippen molar-refractivity contribution >= 4 is 11.9 Å². The number of alkyl carbamates (subject to hydrolysis) is 1. The predicted octanol–water partition coefficient (Wildman–Crippen LogP) is 3.35. The first kappa shape index (κ1) is 16.8. The number of carbonyl (C=O) groups excluding carboxylic acids is 2. The third kappa shape index (κ3) is 5.02. The Labute approximate surface area is 116 Å². The summed E-state index contributed by atoms with van der Waals surface area (Å²) in [5.41, 5.74) is -1.87. The van der Waals surface area contributed by atoms with Crippen molar-refractivity contribution in [1.29, 1.82) is 0 Å². The smallest absolute Gasteiger partial charge is 0.444 e. The third-order valence-corrected chi connectivity index (χ3v) is 3.14. The van der Waals surface area contributed by atoms with Gasteiger partial charge in [-0.05, 0) is 33.6 Å². The van der Waals surface area contributed by atoms with E-state index < -0.39 is 35.6 Å². The van der Waals surface area contributed by atoms with E-state index in [0.29, 0.717) is 25.7 Å². The summed E-state index contributed by atoms with van der Waals surface area (Å²) < 4.78 is 42.2. The van der Waals surface area contributed by atoms with Crippen molar-refractivity contribution in [1.82, 2.24) is 5.32 Å². The van der Waals surface area contributed by atoms with Crippen LogP contribution in [0.4, 0.5) is 18.0 Å². The van der Waals surface area contributed by atoms with Gasteiger partial charge in [0.05, 0.1) is 5.54 Å². The molecule has 0 atom stereocenters. The van der Waals surface area contributed by atoms with Gasteiger partial charge in [0.25, 0.3) is 0 Å². The maximum Gasteiger partial charge on any atom is 0.450 e. The molecule has 20 heavy (non-hydrogen) atoms. The Bertz CT molecular complexity index is 379. The lowest BCUT2D eigenvalue weighted by Gasteiger charge is -2.31. The van der Waals surface area contributed by atoms with Crippen LogP contribution in [-0.2, 0) is 9.53 Å². The van der Waals surface area contributed by atoms with Gasteiger partial charge in [-0.25, -0.2) is 4.79 Å². The highest BCUT2D eigenvalue weighted by Crippen LogP contribution is 2.35. The molecule has 1 aliphatic carbocycles. The molecule has 0 aliphatic heterocycles. The minimum atomic E-state index is -4.87. The van der Waals surface area contributed by atoms with Gasteiger partial charge in [-0.1, -0.05) is 12.8 Å². The van der Waals surface area contributed by atoms with E-state index in [1.165, 1.54) is 0 Å². The first-order chi connectivity index (χ1) is 8.94. The van der Waals surface area contributed by atoms with Gasteiger partial charge < -0.3 is 10.1 Å². The highest BCUT2D eigenvalue weighted by atomic mass is 19.4. The Kier molecular flexibility index (Phi) is 4.71. The molecule has 4 nitrogen and oxygen atoms in total. The molecule has 1 amide bonds. The molecule has 7 heteroatoms. The number of alkyl halides is 3. The van der Waals surface area contributed by atoms with Crippen LogP contribution < -0.4 is 5.32 Å². The first-order valence-electron chi connectivity index (χ1n) is 6.55. The van der Waals surface area contributed by atoms with Crippen LogP contribution in [0.3, 0.4) is 0 Å². The molecule has 0 saturated heterocycles. The summed E-state index contributed by atoms with van der Waals surface area (Å²) >= 11 is 0. The molecule has 0 aromatic rings. The number of halogens is 3. The second-order valence-electron chi connectivity index (χ2n) is 6.21. The fraction of sp³-hybridized carbons (Fsp3) is 0.846. The molecule has 0 aromatic heterocycles. The van der Waals surface area contributed by atoms with Crippen LogP contribution in [0.5, 0.6) is 0 Å². The van der Waals surface area contributed by atoms with Crippen molar-refractivity contribution in [3.63, 3.8) is 0 Å². The van der Waals surface area contributed by atoms with Gasteiger partial charge in [-0.2, -0.15) is 13.2 Å². The monoisotopic (exact) mass is 295 g/mol. The number of Topliss-reactive ketones (excluding diaryl/α,β-unsaturated/α-hetero) is 1. The topological polar surface area (TPSA) is 55.4 Å². The lowest BCUT2D eigenvalue weighted by atomic mass is 9.91. The van der Waals surface area contributed by atoms with Crippen molar-refractivity contribution in [3.05, 3.63) is 0 Å². The van der Waals surface area contributed by atoms with Crippen LogP contribution in [0.15, 0.2) is 0 Å². The van der Waals surface area contributed by atoms with Crippen molar-refractivity contribution in [3.8, 4) is 0 Å². The summed E-state index contributed by atoms with van der Waals surface area (Å²) in [7, 11) is 0. The predicted molar refractivity (Wildman–Crippen MR) is 66.2 cm³/mol. The zero-order valence-corrected chi connectivity index (χ0v) is 11.9. The second-order valence-corrected chi connectivity index (χ2v) is 6.21.